The molecule has 1 unspecified atom stereocenters. The maximum absolute atomic E-state index is 12.7. The topological polar surface area (TPSA) is 96.7 Å². The molecule has 1 aliphatic heterocycles. The van der Waals surface area contributed by atoms with Gasteiger partial charge in [0, 0.05) is 44.4 Å². The molecule has 160 valence electrons. The first-order chi connectivity index (χ1) is 14.6. The second kappa shape index (κ2) is 10.7. The highest BCUT2D eigenvalue weighted by atomic mass is 16.6. The number of nitrogens with one attached hydrogen (secondary N) is 2. The van der Waals surface area contributed by atoms with Gasteiger partial charge in [-0.15, -0.1) is 0 Å². The maximum Gasteiger partial charge on any atom is 0.293 e. The van der Waals surface area contributed by atoms with Crippen LogP contribution in [0.25, 0.3) is 0 Å². The number of nitro groups is 1. The van der Waals surface area contributed by atoms with Crippen LogP contribution in [0.2, 0.25) is 0 Å². The molecule has 2 aromatic rings. The van der Waals surface area contributed by atoms with Crippen LogP contribution in [0.5, 0.6) is 0 Å². The van der Waals surface area contributed by atoms with Crippen molar-refractivity contribution >= 4 is 17.3 Å². The van der Waals surface area contributed by atoms with Crippen molar-refractivity contribution < 1.29 is 14.5 Å². The minimum absolute atomic E-state index is 0.0218. The number of amides is 1. The highest BCUT2D eigenvalue weighted by Gasteiger charge is 2.23. The molecule has 0 spiro atoms. The summed E-state index contributed by atoms with van der Waals surface area (Å²) in [6.45, 7) is 3.48. The normalized spacial score (nSPS) is 16.8. The van der Waals surface area contributed by atoms with Gasteiger partial charge < -0.3 is 15.4 Å². The van der Waals surface area contributed by atoms with Crippen molar-refractivity contribution in [1.82, 2.24) is 10.2 Å². The fourth-order valence-electron chi connectivity index (χ4n) is 3.69. The number of nitro benzene ring substituents is 1. The minimum Gasteiger partial charge on any atom is -0.383 e. The molecule has 0 aromatic heterocycles. The van der Waals surface area contributed by atoms with Gasteiger partial charge in [-0.1, -0.05) is 30.3 Å². The third kappa shape index (κ3) is 6.01. The van der Waals surface area contributed by atoms with Gasteiger partial charge in [0.2, 0.25) is 0 Å². The molecule has 2 aromatic carbocycles. The van der Waals surface area contributed by atoms with Crippen LogP contribution in [0.3, 0.4) is 0 Å². The second-order valence-electron chi connectivity index (χ2n) is 7.44. The van der Waals surface area contributed by atoms with Crippen molar-refractivity contribution in [2.45, 2.75) is 25.4 Å². The SMILES string of the molecule is COCCNc1ccc(C(=O)NC2CCCN(Cc3ccccc3)C2)cc1[N+](=O)[O-]. The smallest absolute Gasteiger partial charge is 0.293 e. The number of rotatable bonds is 9. The van der Waals surface area contributed by atoms with Crippen LogP contribution in [-0.2, 0) is 11.3 Å². The molecule has 0 bridgehead atoms. The summed E-state index contributed by atoms with van der Waals surface area (Å²) in [6.07, 6.45) is 1.90. The summed E-state index contributed by atoms with van der Waals surface area (Å²) in [5.41, 5.74) is 1.80. The number of likely N-dealkylation sites (tertiary alicyclic amines) is 1. The number of ether oxygens (including phenoxy) is 1. The van der Waals surface area contributed by atoms with E-state index in [-0.39, 0.29) is 17.6 Å². The Bertz CT molecular complexity index is 859. The Labute approximate surface area is 176 Å². The Kier molecular flexibility index (Phi) is 7.75. The quantitative estimate of drug-likeness (QED) is 0.373. The van der Waals surface area contributed by atoms with Crippen molar-refractivity contribution in [3.8, 4) is 0 Å². The van der Waals surface area contributed by atoms with E-state index in [1.807, 2.05) is 18.2 Å². The van der Waals surface area contributed by atoms with Crippen LogP contribution in [-0.4, -0.2) is 55.1 Å². The first kappa shape index (κ1) is 21.7. The van der Waals surface area contributed by atoms with E-state index in [0.29, 0.717) is 24.4 Å². The van der Waals surface area contributed by atoms with E-state index in [1.165, 1.54) is 11.6 Å². The molecule has 8 nitrogen and oxygen atoms in total. The van der Waals surface area contributed by atoms with Crippen LogP contribution in [0.1, 0.15) is 28.8 Å². The Morgan fingerprint density at radius 2 is 2.07 bits per heavy atom. The molecule has 2 N–H and O–H groups in total. The van der Waals surface area contributed by atoms with Crippen LogP contribution >= 0.6 is 0 Å². The zero-order valence-electron chi connectivity index (χ0n) is 17.2. The number of hydrogen-bond donors (Lipinski definition) is 2. The summed E-state index contributed by atoms with van der Waals surface area (Å²) in [5, 5.41) is 17.4. The molecule has 1 aliphatic rings. The second-order valence-corrected chi connectivity index (χ2v) is 7.44. The van der Waals surface area contributed by atoms with Gasteiger partial charge in [0.1, 0.15) is 5.69 Å². The first-order valence-corrected chi connectivity index (χ1v) is 10.1. The summed E-state index contributed by atoms with van der Waals surface area (Å²) in [6, 6.07) is 14.8. The molecular weight excluding hydrogens is 384 g/mol. The Hall–Kier alpha value is -2.97. The van der Waals surface area contributed by atoms with E-state index in [4.69, 9.17) is 4.74 Å². The highest BCUT2D eigenvalue weighted by molar-refractivity contribution is 5.96. The highest BCUT2D eigenvalue weighted by Crippen LogP contribution is 2.25. The van der Waals surface area contributed by atoms with Crippen LogP contribution in [0.4, 0.5) is 11.4 Å². The van der Waals surface area contributed by atoms with Gasteiger partial charge in [0.05, 0.1) is 11.5 Å². The molecule has 1 amide bonds. The van der Waals surface area contributed by atoms with Crippen molar-refractivity contribution in [3.05, 3.63) is 69.8 Å². The van der Waals surface area contributed by atoms with E-state index in [0.717, 1.165) is 32.5 Å². The van der Waals surface area contributed by atoms with Gasteiger partial charge in [-0.25, -0.2) is 0 Å². The average Bonchev–Trinajstić information content (AvgIpc) is 2.75. The first-order valence-electron chi connectivity index (χ1n) is 10.1. The van der Waals surface area contributed by atoms with Crippen LogP contribution in [0, 0.1) is 10.1 Å². The summed E-state index contributed by atoms with van der Waals surface area (Å²) in [4.78, 5) is 26.0. The van der Waals surface area contributed by atoms with Gasteiger partial charge in [-0.3, -0.25) is 19.8 Å². The largest absolute Gasteiger partial charge is 0.383 e. The molecule has 1 heterocycles. The number of methoxy groups -OCH3 is 1. The zero-order chi connectivity index (χ0) is 21.3. The number of carbonyl (C=O) groups is 1. The van der Waals surface area contributed by atoms with Crippen molar-refractivity contribution in [1.29, 1.82) is 0 Å². The van der Waals surface area contributed by atoms with E-state index < -0.39 is 4.92 Å². The molecule has 0 radical (unpaired) electrons. The summed E-state index contributed by atoms with van der Waals surface area (Å²) < 4.78 is 4.96. The number of piperidine rings is 1. The molecule has 1 atom stereocenters. The molecule has 8 heteroatoms. The Morgan fingerprint density at radius 3 is 2.80 bits per heavy atom. The summed E-state index contributed by atoms with van der Waals surface area (Å²) in [7, 11) is 1.57. The third-order valence-electron chi connectivity index (χ3n) is 5.17. The van der Waals surface area contributed by atoms with Gasteiger partial charge in [-0.2, -0.15) is 0 Å². The van der Waals surface area contributed by atoms with Gasteiger partial charge in [0.15, 0.2) is 0 Å². The fraction of sp³-hybridized carbons (Fsp3) is 0.409. The lowest BCUT2D eigenvalue weighted by Gasteiger charge is -2.33. The fourth-order valence-corrected chi connectivity index (χ4v) is 3.69. The van der Waals surface area contributed by atoms with E-state index in [2.05, 4.69) is 27.7 Å². The number of carbonyl (C=O) groups excluding carboxylic acids is 1. The minimum atomic E-state index is -0.478. The van der Waals surface area contributed by atoms with Crippen LogP contribution in [0.15, 0.2) is 48.5 Å². The van der Waals surface area contributed by atoms with E-state index in [1.54, 1.807) is 19.2 Å². The molecule has 1 saturated heterocycles. The molecule has 3 rings (SSSR count). The van der Waals surface area contributed by atoms with Crippen LogP contribution < -0.4 is 10.6 Å². The monoisotopic (exact) mass is 412 g/mol. The van der Waals surface area contributed by atoms with Crippen molar-refractivity contribution in [3.63, 3.8) is 0 Å². The van der Waals surface area contributed by atoms with Gasteiger partial charge in [0.25, 0.3) is 11.6 Å². The molecule has 0 saturated carbocycles. The Balaban J connectivity index is 1.61. The van der Waals surface area contributed by atoms with Crippen molar-refractivity contribution in [2.24, 2.45) is 0 Å². The predicted octanol–water partition coefficient (Wildman–Crippen LogP) is 3.05. The molecule has 30 heavy (non-hydrogen) atoms. The lowest BCUT2D eigenvalue weighted by atomic mass is 10.0. The predicted molar refractivity (Wildman–Crippen MR) is 116 cm³/mol. The summed E-state index contributed by atoms with van der Waals surface area (Å²) in [5.74, 6) is -0.284. The Morgan fingerprint density at radius 1 is 1.27 bits per heavy atom. The summed E-state index contributed by atoms with van der Waals surface area (Å²) >= 11 is 0. The number of anilines is 1. The average molecular weight is 412 g/mol. The number of hydrogen-bond acceptors (Lipinski definition) is 6. The zero-order valence-corrected chi connectivity index (χ0v) is 17.2. The lowest BCUT2D eigenvalue weighted by molar-refractivity contribution is -0.384. The van der Waals surface area contributed by atoms with E-state index >= 15 is 0 Å². The lowest BCUT2D eigenvalue weighted by Crippen LogP contribution is -2.47. The molecule has 0 aliphatic carbocycles. The van der Waals surface area contributed by atoms with E-state index in [9.17, 15) is 14.9 Å². The molecular formula is C22H28N4O4. The molecule has 1 fully saturated rings. The maximum atomic E-state index is 12.7. The number of benzene rings is 2. The standard InChI is InChI=1S/C22H28N4O4/c1-30-13-11-23-20-10-9-18(14-21(20)26(28)29)22(27)24-19-8-5-12-25(16-19)15-17-6-3-2-4-7-17/h2-4,6-7,9-10,14,19,23H,5,8,11-13,15-16H2,1H3,(H,24,27). The van der Waals surface area contributed by atoms with Crippen molar-refractivity contribution in [2.75, 3.05) is 38.7 Å². The van der Waals surface area contributed by atoms with Gasteiger partial charge >= 0.3 is 0 Å². The van der Waals surface area contributed by atoms with Gasteiger partial charge in [-0.05, 0) is 37.1 Å². The third-order valence-corrected chi connectivity index (χ3v) is 5.17. The number of nitrogens with zero attached hydrogens (tertiary/aromatic N) is 2.